The third-order valence-electron chi connectivity index (χ3n) is 7.88. The van der Waals surface area contributed by atoms with Crippen LogP contribution in [0.25, 0.3) is 44.5 Å². The van der Waals surface area contributed by atoms with Crippen LogP contribution in [0.1, 0.15) is 0 Å². The van der Waals surface area contributed by atoms with Gasteiger partial charge in [-0.05, 0) is 80.9 Å². The molecule has 0 bridgehead atoms. The normalized spacial score (nSPS) is 10.8. The molecule has 0 saturated heterocycles. The van der Waals surface area contributed by atoms with Crippen LogP contribution >= 0.6 is 0 Å². The average molecular weight is 550 g/mol. The van der Waals surface area contributed by atoms with E-state index in [9.17, 15) is 0 Å². The highest BCUT2D eigenvalue weighted by atomic mass is 15.1. The van der Waals surface area contributed by atoms with Crippen molar-refractivity contribution in [1.29, 1.82) is 0 Å². The standard InChI is InChI=1S/C42H31N/c1-6-16-32(17-7-1)39-28-26-37(30-41(39)34-20-10-3-11-21-34)43(36-24-14-5-15-25-36)38-27-29-40(33-18-8-2-9-19-33)42(31-38)35-22-12-4-13-23-35/h1-31H. The monoisotopic (exact) mass is 549 g/mol. The smallest absolute Gasteiger partial charge is 0.0468 e. The minimum Gasteiger partial charge on any atom is -0.310 e. The summed E-state index contributed by atoms with van der Waals surface area (Å²) in [5.74, 6) is 0. The van der Waals surface area contributed by atoms with Crippen LogP contribution in [0.15, 0.2) is 188 Å². The lowest BCUT2D eigenvalue weighted by molar-refractivity contribution is 1.28. The Bertz CT molecular complexity index is 1810. The molecule has 0 aliphatic rings. The molecule has 0 N–H and O–H groups in total. The van der Waals surface area contributed by atoms with Gasteiger partial charge in [0.05, 0.1) is 0 Å². The Morgan fingerprint density at radius 2 is 0.535 bits per heavy atom. The molecule has 204 valence electrons. The molecule has 0 radical (unpaired) electrons. The highest BCUT2D eigenvalue weighted by Gasteiger charge is 2.18. The predicted molar refractivity (Wildman–Crippen MR) is 183 cm³/mol. The highest BCUT2D eigenvalue weighted by Crippen LogP contribution is 2.43. The van der Waals surface area contributed by atoms with Crippen LogP contribution in [0.3, 0.4) is 0 Å². The second-order valence-corrected chi connectivity index (χ2v) is 10.6. The fourth-order valence-corrected chi connectivity index (χ4v) is 5.82. The summed E-state index contributed by atoms with van der Waals surface area (Å²) in [6.07, 6.45) is 0. The summed E-state index contributed by atoms with van der Waals surface area (Å²) in [5.41, 5.74) is 13.0. The van der Waals surface area contributed by atoms with E-state index in [0.29, 0.717) is 0 Å². The van der Waals surface area contributed by atoms with Crippen molar-refractivity contribution in [3.8, 4) is 44.5 Å². The lowest BCUT2D eigenvalue weighted by atomic mass is 9.92. The molecule has 0 aromatic heterocycles. The molecule has 0 amide bonds. The molecule has 7 aromatic carbocycles. The number of benzene rings is 7. The topological polar surface area (TPSA) is 3.24 Å². The van der Waals surface area contributed by atoms with Crippen molar-refractivity contribution in [2.24, 2.45) is 0 Å². The van der Waals surface area contributed by atoms with Gasteiger partial charge in [-0.3, -0.25) is 0 Å². The van der Waals surface area contributed by atoms with Crippen molar-refractivity contribution in [1.82, 2.24) is 0 Å². The molecule has 1 heteroatoms. The van der Waals surface area contributed by atoms with E-state index in [4.69, 9.17) is 0 Å². The van der Waals surface area contributed by atoms with Crippen LogP contribution in [0.4, 0.5) is 17.1 Å². The second-order valence-electron chi connectivity index (χ2n) is 10.6. The molecule has 7 aromatic rings. The first kappa shape index (κ1) is 26.3. The van der Waals surface area contributed by atoms with E-state index in [1.165, 1.54) is 44.5 Å². The molecular formula is C42H31N. The van der Waals surface area contributed by atoms with Gasteiger partial charge >= 0.3 is 0 Å². The second kappa shape index (κ2) is 12.1. The van der Waals surface area contributed by atoms with Gasteiger partial charge < -0.3 is 4.90 Å². The minimum atomic E-state index is 1.11. The van der Waals surface area contributed by atoms with E-state index in [2.05, 4.69) is 193 Å². The van der Waals surface area contributed by atoms with Gasteiger partial charge in [0.15, 0.2) is 0 Å². The fourth-order valence-electron chi connectivity index (χ4n) is 5.82. The molecular weight excluding hydrogens is 518 g/mol. The van der Waals surface area contributed by atoms with Gasteiger partial charge in [0.2, 0.25) is 0 Å². The maximum atomic E-state index is 2.36. The van der Waals surface area contributed by atoms with Crippen LogP contribution in [-0.2, 0) is 0 Å². The van der Waals surface area contributed by atoms with Crippen molar-refractivity contribution in [3.63, 3.8) is 0 Å². The molecule has 0 heterocycles. The van der Waals surface area contributed by atoms with Gasteiger partial charge in [-0.25, -0.2) is 0 Å². The maximum Gasteiger partial charge on any atom is 0.0468 e. The molecule has 43 heavy (non-hydrogen) atoms. The van der Waals surface area contributed by atoms with Crippen molar-refractivity contribution >= 4 is 17.1 Å². The van der Waals surface area contributed by atoms with Crippen LogP contribution < -0.4 is 4.90 Å². The Balaban J connectivity index is 1.44. The van der Waals surface area contributed by atoms with Gasteiger partial charge in [0.25, 0.3) is 0 Å². The number of anilines is 3. The number of nitrogens with zero attached hydrogens (tertiary/aromatic N) is 1. The van der Waals surface area contributed by atoms with Crippen LogP contribution in [0, 0.1) is 0 Å². The summed E-state index contributed by atoms with van der Waals surface area (Å²) in [6.45, 7) is 0. The van der Waals surface area contributed by atoms with E-state index in [1.54, 1.807) is 0 Å². The lowest BCUT2D eigenvalue weighted by Crippen LogP contribution is -2.10. The summed E-state index contributed by atoms with van der Waals surface area (Å²) in [7, 11) is 0. The number of hydrogen-bond donors (Lipinski definition) is 0. The Hall–Kier alpha value is -5.66. The van der Waals surface area contributed by atoms with E-state index in [1.807, 2.05) is 0 Å². The van der Waals surface area contributed by atoms with Crippen LogP contribution in [0.2, 0.25) is 0 Å². The molecule has 1 nitrogen and oxygen atoms in total. The molecule has 7 rings (SSSR count). The quantitative estimate of drug-likeness (QED) is 0.191. The minimum absolute atomic E-state index is 1.11. The summed E-state index contributed by atoms with van der Waals surface area (Å²) < 4.78 is 0. The Morgan fingerprint density at radius 1 is 0.233 bits per heavy atom. The first-order chi connectivity index (χ1) is 21.3. The first-order valence-corrected chi connectivity index (χ1v) is 14.7. The molecule has 0 atom stereocenters. The fraction of sp³-hybridized carbons (Fsp3) is 0. The van der Waals surface area contributed by atoms with Gasteiger partial charge in [-0.2, -0.15) is 0 Å². The molecule has 0 unspecified atom stereocenters. The lowest BCUT2D eigenvalue weighted by Gasteiger charge is -2.28. The van der Waals surface area contributed by atoms with E-state index < -0.39 is 0 Å². The highest BCUT2D eigenvalue weighted by molar-refractivity contribution is 5.91. The van der Waals surface area contributed by atoms with Gasteiger partial charge in [-0.1, -0.05) is 152 Å². The zero-order valence-corrected chi connectivity index (χ0v) is 23.8. The van der Waals surface area contributed by atoms with Crippen LogP contribution in [-0.4, -0.2) is 0 Å². The molecule has 0 fully saturated rings. The van der Waals surface area contributed by atoms with Crippen LogP contribution in [0.5, 0.6) is 0 Å². The number of para-hydroxylation sites is 1. The maximum absolute atomic E-state index is 2.36. The zero-order chi connectivity index (χ0) is 28.8. The molecule has 0 spiro atoms. The van der Waals surface area contributed by atoms with Gasteiger partial charge in [-0.15, -0.1) is 0 Å². The van der Waals surface area contributed by atoms with Gasteiger partial charge in [0.1, 0.15) is 0 Å². The summed E-state index contributed by atoms with van der Waals surface area (Å²) in [5, 5.41) is 0. The van der Waals surface area contributed by atoms with E-state index >= 15 is 0 Å². The number of hydrogen-bond acceptors (Lipinski definition) is 1. The number of rotatable bonds is 7. The van der Waals surface area contributed by atoms with Crippen molar-refractivity contribution < 1.29 is 0 Å². The molecule has 0 aliphatic carbocycles. The summed E-state index contributed by atoms with van der Waals surface area (Å²) in [6, 6.07) is 67.0. The Morgan fingerprint density at radius 3 is 0.884 bits per heavy atom. The molecule has 0 aliphatic heterocycles. The largest absolute Gasteiger partial charge is 0.310 e. The average Bonchev–Trinajstić information content (AvgIpc) is 3.10. The Kier molecular flexibility index (Phi) is 7.36. The SMILES string of the molecule is c1ccc(-c2ccc(N(c3ccccc3)c3ccc(-c4ccccc4)c(-c4ccccc4)c3)cc2-c2ccccc2)cc1. The van der Waals surface area contributed by atoms with Gasteiger partial charge in [0, 0.05) is 17.1 Å². The summed E-state index contributed by atoms with van der Waals surface area (Å²) in [4.78, 5) is 2.36. The molecule has 0 saturated carbocycles. The van der Waals surface area contributed by atoms with E-state index in [-0.39, 0.29) is 0 Å². The third kappa shape index (κ3) is 5.49. The van der Waals surface area contributed by atoms with Crippen molar-refractivity contribution in [2.75, 3.05) is 4.90 Å². The van der Waals surface area contributed by atoms with E-state index in [0.717, 1.165) is 17.1 Å². The zero-order valence-electron chi connectivity index (χ0n) is 23.8. The van der Waals surface area contributed by atoms with Crippen molar-refractivity contribution in [2.45, 2.75) is 0 Å². The third-order valence-corrected chi connectivity index (χ3v) is 7.88. The predicted octanol–water partition coefficient (Wildman–Crippen LogP) is 11.8. The first-order valence-electron chi connectivity index (χ1n) is 14.7. The summed E-state index contributed by atoms with van der Waals surface area (Å²) >= 11 is 0. The Labute approximate surface area is 254 Å². The van der Waals surface area contributed by atoms with Crippen molar-refractivity contribution in [3.05, 3.63) is 188 Å².